The molecule has 0 aromatic heterocycles. The van der Waals surface area contributed by atoms with E-state index in [0.29, 0.717) is 31.8 Å². The van der Waals surface area contributed by atoms with Crippen LogP contribution in [0.1, 0.15) is 12.0 Å². The van der Waals surface area contributed by atoms with Crippen molar-refractivity contribution < 1.29 is 22.3 Å². The standard InChI is InChI=1S/C13H21FN2O4S/c1-19-7-8-20-6-2-5-16-21(17,18)13-9-12(14)4-3-11(13)10-15/h3-4,9,16H,2,5-8,10,15H2,1H3. The van der Waals surface area contributed by atoms with E-state index in [1.54, 1.807) is 7.11 Å². The van der Waals surface area contributed by atoms with Crippen LogP contribution in [0, 0.1) is 5.82 Å². The molecule has 6 nitrogen and oxygen atoms in total. The number of benzene rings is 1. The summed E-state index contributed by atoms with van der Waals surface area (Å²) < 4.78 is 49.9. The highest BCUT2D eigenvalue weighted by Crippen LogP contribution is 2.16. The van der Waals surface area contributed by atoms with E-state index >= 15 is 0 Å². The topological polar surface area (TPSA) is 90.6 Å². The summed E-state index contributed by atoms with van der Waals surface area (Å²) in [4.78, 5) is -0.120. The molecule has 0 heterocycles. The van der Waals surface area contributed by atoms with Crippen molar-refractivity contribution >= 4 is 10.0 Å². The van der Waals surface area contributed by atoms with Gasteiger partial charge in [0.05, 0.1) is 18.1 Å². The SMILES string of the molecule is COCCOCCCNS(=O)(=O)c1cc(F)ccc1CN. The van der Waals surface area contributed by atoms with Crippen LogP contribution in [0.15, 0.2) is 23.1 Å². The quantitative estimate of drug-likeness (QED) is 0.617. The number of methoxy groups -OCH3 is 1. The van der Waals surface area contributed by atoms with Crippen LogP contribution in [0.3, 0.4) is 0 Å². The first-order chi connectivity index (χ1) is 10.0. The Balaban J connectivity index is 2.52. The zero-order valence-electron chi connectivity index (χ0n) is 12.0. The number of halogens is 1. The van der Waals surface area contributed by atoms with E-state index in [9.17, 15) is 12.8 Å². The number of hydrogen-bond donors (Lipinski definition) is 2. The summed E-state index contributed by atoms with van der Waals surface area (Å²) in [7, 11) is -2.20. The van der Waals surface area contributed by atoms with Gasteiger partial charge in [-0.25, -0.2) is 17.5 Å². The minimum atomic E-state index is -3.77. The van der Waals surface area contributed by atoms with Crippen molar-refractivity contribution in [1.82, 2.24) is 4.72 Å². The zero-order chi connectivity index (χ0) is 15.7. The average Bonchev–Trinajstić information content (AvgIpc) is 2.46. The maximum absolute atomic E-state index is 13.2. The van der Waals surface area contributed by atoms with Crippen LogP contribution in [-0.2, 0) is 26.0 Å². The third-order valence-electron chi connectivity index (χ3n) is 2.73. The lowest BCUT2D eigenvalue weighted by Crippen LogP contribution is -2.27. The van der Waals surface area contributed by atoms with Gasteiger partial charge in [-0.2, -0.15) is 0 Å². The maximum atomic E-state index is 13.2. The van der Waals surface area contributed by atoms with Crippen LogP contribution in [0.2, 0.25) is 0 Å². The van der Waals surface area contributed by atoms with Crippen molar-refractivity contribution in [2.24, 2.45) is 5.73 Å². The molecule has 0 spiro atoms. The minimum absolute atomic E-state index is 0.0245. The summed E-state index contributed by atoms with van der Waals surface area (Å²) in [6, 6.07) is 3.53. The molecule has 1 aromatic rings. The van der Waals surface area contributed by atoms with Crippen LogP contribution in [0.4, 0.5) is 4.39 Å². The summed E-state index contributed by atoms with van der Waals surface area (Å²) in [6.45, 7) is 1.60. The van der Waals surface area contributed by atoms with Gasteiger partial charge in [-0.3, -0.25) is 0 Å². The molecule has 21 heavy (non-hydrogen) atoms. The molecule has 3 N–H and O–H groups in total. The Morgan fingerprint density at radius 1 is 1.29 bits per heavy atom. The summed E-state index contributed by atoms with van der Waals surface area (Å²) >= 11 is 0. The zero-order valence-corrected chi connectivity index (χ0v) is 12.8. The van der Waals surface area contributed by atoms with Gasteiger partial charge in [0, 0.05) is 26.8 Å². The fraction of sp³-hybridized carbons (Fsp3) is 0.538. The number of rotatable bonds is 10. The van der Waals surface area contributed by atoms with Crippen molar-refractivity contribution in [3.05, 3.63) is 29.6 Å². The van der Waals surface area contributed by atoms with Crippen molar-refractivity contribution in [3.8, 4) is 0 Å². The molecule has 8 heteroatoms. The summed E-state index contributed by atoms with van der Waals surface area (Å²) in [5, 5.41) is 0. The van der Waals surface area contributed by atoms with Crippen LogP contribution in [0.25, 0.3) is 0 Å². The van der Waals surface area contributed by atoms with Crippen molar-refractivity contribution in [2.75, 3.05) is 33.5 Å². The van der Waals surface area contributed by atoms with Crippen molar-refractivity contribution in [1.29, 1.82) is 0 Å². The Morgan fingerprint density at radius 2 is 2.05 bits per heavy atom. The highest BCUT2D eigenvalue weighted by Gasteiger charge is 2.18. The Bertz CT molecular complexity index is 537. The fourth-order valence-corrected chi connectivity index (χ4v) is 2.98. The molecular weight excluding hydrogens is 299 g/mol. The Morgan fingerprint density at radius 3 is 2.71 bits per heavy atom. The summed E-state index contributed by atoms with van der Waals surface area (Å²) in [6.07, 6.45) is 0.510. The molecule has 0 amide bonds. The first-order valence-electron chi connectivity index (χ1n) is 6.56. The van der Waals surface area contributed by atoms with E-state index in [0.717, 1.165) is 6.07 Å². The monoisotopic (exact) mass is 320 g/mol. The van der Waals surface area contributed by atoms with E-state index in [1.165, 1.54) is 12.1 Å². The van der Waals surface area contributed by atoms with E-state index in [4.69, 9.17) is 15.2 Å². The number of sulfonamides is 1. The largest absolute Gasteiger partial charge is 0.382 e. The van der Waals surface area contributed by atoms with Crippen LogP contribution in [0.5, 0.6) is 0 Å². The van der Waals surface area contributed by atoms with Gasteiger partial charge in [-0.05, 0) is 24.1 Å². The molecule has 0 aliphatic rings. The molecule has 120 valence electrons. The second-order valence-electron chi connectivity index (χ2n) is 4.31. The van der Waals surface area contributed by atoms with Crippen LogP contribution >= 0.6 is 0 Å². The molecule has 0 aliphatic heterocycles. The molecule has 0 radical (unpaired) electrons. The first-order valence-corrected chi connectivity index (χ1v) is 8.04. The smallest absolute Gasteiger partial charge is 0.240 e. The molecule has 0 bridgehead atoms. The lowest BCUT2D eigenvalue weighted by Gasteiger charge is -2.10. The predicted molar refractivity (Wildman–Crippen MR) is 76.8 cm³/mol. The van der Waals surface area contributed by atoms with Gasteiger partial charge >= 0.3 is 0 Å². The normalized spacial score (nSPS) is 11.8. The lowest BCUT2D eigenvalue weighted by molar-refractivity contribution is 0.0699. The molecule has 0 unspecified atom stereocenters. The number of nitrogens with two attached hydrogens (primary N) is 1. The van der Waals surface area contributed by atoms with Crippen molar-refractivity contribution in [3.63, 3.8) is 0 Å². The molecule has 0 saturated heterocycles. The average molecular weight is 320 g/mol. The van der Waals surface area contributed by atoms with Gasteiger partial charge in [0.15, 0.2) is 0 Å². The van der Waals surface area contributed by atoms with E-state index in [-0.39, 0.29) is 18.0 Å². The van der Waals surface area contributed by atoms with Gasteiger partial charge in [0.2, 0.25) is 10.0 Å². The van der Waals surface area contributed by atoms with Gasteiger partial charge in [-0.15, -0.1) is 0 Å². The van der Waals surface area contributed by atoms with E-state index < -0.39 is 15.8 Å². The Kier molecular flexibility index (Phi) is 7.76. The molecule has 0 aliphatic carbocycles. The molecular formula is C13H21FN2O4S. The number of hydrogen-bond acceptors (Lipinski definition) is 5. The molecule has 0 saturated carbocycles. The predicted octanol–water partition coefficient (Wildman–Crippen LogP) is 0.616. The number of ether oxygens (including phenoxy) is 2. The second-order valence-corrected chi connectivity index (χ2v) is 6.05. The third-order valence-corrected chi connectivity index (χ3v) is 4.27. The molecule has 0 fully saturated rings. The number of nitrogens with one attached hydrogen (secondary N) is 1. The first kappa shape index (κ1) is 18.0. The van der Waals surface area contributed by atoms with E-state index in [1.807, 2.05) is 0 Å². The lowest BCUT2D eigenvalue weighted by atomic mass is 10.2. The van der Waals surface area contributed by atoms with Gasteiger partial charge in [-0.1, -0.05) is 6.07 Å². The highest BCUT2D eigenvalue weighted by molar-refractivity contribution is 7.89. The molecule has 1 aromatic carbocycles. The van der Waals surface area contributed by atoms with Gasteiger partial charge in [0.1, 0.15) is 5.82 Å². The maximum Gasteiger partial charge on any atom is 0.240 e. The second kappa shape index (κ2) is 9.06. The fourth-order valence-electron chi connectivity index (χ4n) is 1.65. The Hall–Kier alpha value is -1.06. The summed E-state index contributed by atoms with van der Waals surface area (Å²) in [5.74, 6) is -0.615. The Labute approximate surface area is 124 Å². The van der Waals surface area contributed by atoms with Gasteiger partial charge in [0.25, 0.3) is 0 Å². The third kappa shape index (κ3) is 6.06. The highest BCUT2D eigenvalue weighted by atomic mass is 32.2. The van der Waals surface area contributed by atoms with E-state index in [2.05, 4.69) is 4.72 Å². The van der Waals surface area contributed by atoms with Crippen LogP contribution in [-0.4, -0.2) is 41.9 Å². The molecule has 1 rings (SSSR count). The minimum Gasteiger partial charge on any atom is -0.382 e. The molecule has 0 atom stereocenters. The van der Waals surface area contributed by atoms with Crippen molar-refractivity contribution in [2.45, 2.75) is 17.9 Å². The summed E-state index contributed by atoms with van der Waals surface area (Å²) in [5.41, 5.74) is 5.85. The van der Waals surface area contributed by atoms with Gasteiger partial charge < -0.3 is 15.2 Å². The van der Waals surface area contributed by atoms with Crippen LogP contribution < -0.4 is 10.5 Å².